The van der Waals surface area contributed by atoms with Crippen molar-refractivity contribution in [1.29, 1.82) is 0 Å². The molecule has 0 aliphatic rings. The molecular formula is C20H25F2N3O2. The number of ether oxygens (including phenoxy) is 2. The molecule has 27 heavy (non-hydrogen) atoms. The van der Waals surface area contributed by atoms with Gasteiger partial charge in [0.15, 0.2) is 5.96 Å². The van der Waals surface area contributed by atoms with Crippen molar-refractivity contribution in [3.05, 3.63) is 59.2 Å². The lowest BCUT2D eigenvalue weighted by Crippen LogP contribution is -2.36. The highest BCUT2D eigenvalue weighted by atomic mass is 19.3. The number of guanidine groups is 1. The number of hydrogen-bond acceptors (Lipinski definition) is 3. The second-order valence-corrected chi connectivity index (χ2v) is 5.94. The minimum atomic E-state index is -2.49. The summed E-state index contributed by atoms with van der Waals surface area (Å²) in [6.45, 7) is 2.44. The van der Waals surface area contributed by atoms with Crippen LogP contribution in [0.1, 0.15) is 16.7 Å². The average molecular weight is 377 g/mol. The molecule has 2 aromatic rings. The Kier molecular flexibility index (Phi) is 7.85. The van der Waals surface area contributed by atoms with Gasteiger partial charge in [-0.2, -0.15) is 0 Å². The molecule has 146 valence electrons. The first-order valence-corrected chi connectivity index (χ1v) is 8.59. The third-order valence-electron chi connectivity index (χ3n) is 3.85. The van der Waals surface area contributed by atoms with Gasteiger partial charge in [0.1, 0.15) is 18.1 Å². The lowest BCUT2D eigenvalue weighted by molar-refractivity contribution is 0.0818. The van der Waals surface area contributed by atoms with Gasteiger partial charge >= 0.3 is 0 Å². The molecule has 0 unspecified atom stereocenters. The van der Waals surface area contributed by atoms with Crippen molar-refractivity contribution in [2.24, 2.45) is 4.99 Å². The molecule has 0 aromatic heterocycles. The van der Waals surface area contributed by atoms with Crippen molar-refractivity contribution in [1.82, 2.24) is 10.6 Å². The Labute approximate surface area is 158 Å². The monoisotopic (exact) mass is 377 g/mol. The maximum atomic E-state index is 12.3. The first-order chi connectivity index (χ1) is 13.0. The Bertz CT molecular complexity index is 767. The smallest absolute Gasteiger partial charge is 0.272 e. The molecule has 0 aliphatic heterocycles. The fourth-order valence-electron chi connectivity index (χ4n) is 2.49. The number of aryl methyl sites for hydroxylation is 1. The molecule has 2 rings (SSSR count). The number of nitrogens with one attached hydrogen (secondary N) is 2. The predicted molar refractivity (Wildman–Crippen MR) is 103 cm³/mol. The standard InChI is InChI=1S/C20H25F2N3O2/c1-14-7-8-16(18(9-14)26-3)12-25-20(23-2)24-11-15-5-4-6-17(10-15)27-13-19(21)22/h4-10,19H,11-13H2,1-3H3,(H2,23,24,25). The molecule has 0 saturated heterocycles. The summed E-state index contributed by atoms with van der Waals surface area (Å²) in [5.41, 5.74) is 3.05. The number of nitrogens with zero attached hydrogens (tertiary/aromatic N) is 1. The summed E-state index contributed by atoms with van der Waals surface area (Å²) >= 11 is 0. The summed E-state index contributed by atoms with van der Waals surface area (Å²) in [5, 5.41) is 6.42. The van der Waals surface area contributed by atoms with Crippen LogP contribution < -0.4 is 20.1 Å². The first kappa shape index (κ1) is 20.5. The molecule has 0 atom stereocenters. The zero-order valence-electron chi connectivity index (χ0n) is 15.8. The molecule has 0 radical (unpaired) electrons. The van der Waals surface area contributed by atoms with E-state index in [1.807, 2.05) is 31.2 Å². The summed E-state index contributed by atoms with van der Waals surface area (Å²) in [5.74, 6) is 1.86. The van der Waals surface area contributed by atoms with Crippen LogP contribution in [0.25, 0.3) is 0 Å². The van der Waals surface area contributed by atoms with Crippen molar-refractivity contribution >= 4 is 5.96 Å². The predicted octanol–water partition coefficient (Wildman–Crippen LogP) is 3.51. The number of hydrogen-bond donors (Lipinski definition) is 2. The molecule has 0 spiro atoms. The zero-order chi connectivity index (χ0) is 19.6. The van der Waals surface area contributed by atoms with Crippen LogP contribution in [0.15, 0.2) is 47.5 Å². The van der Waals surface area contributed by atoms with Crippen LogP contribution in [0.5, 0.6) is 11.5 Å². The molecule has 2 aromatic carbocycles. The van der Waals surface area contributed by atoms with Crippen LogP contribution in [-0.2, 0) is 13.1 Å². The molecule has 0 aliphatic carbocycles. The SMILES string of the molecule is CN=C(NCc1cccc(OCC(F)F)c1)NCc1ccc(C)cc1OC. The van der Waals surface area contributed by atoms with Gasteiger partial charge in [-0.25, -0.2) is 8.78 Å². The normalized spacial score (nSPS) is 11.4. The molecule has 0 bridgehead atoms. The van der Waals surface area contributed by atoms with E-state index in [9.17, 15) is 8.78 Å². The van der Waals surface area contributed by atoms with Crippen molar-refractivity contribution < 1.29 is 18.3 Å². The molecule has 2 N–H and O–H groups in total. The van der Waals surface area contributed by atoms with E-state index in [1.165, 1.54) is 0 Å². The van der Waals surface area contributed by atoms with E-state index >= 15 is 0 Å². The number of methoxy groups -OCH3 is 1. The highest BCUT2D eigenvalue weighted by Crippen LogP contribution is 2.19. The van der Waals surface area contributed by atoms with E-state index in [2.05, 4.69) is 15.6 Å². The van der Waals surface area contributed by atoms with Gasteiger partial charge in [0, 0.05) is 25.7 Å². The second-order valence-electron chi connectivity index (χ2n) is 5.94. The largest absolute Gasteiger partial charge is 0.496 e. The summed E-state index contributed by atoms with van der Waals surface area (Å²) in [7, 11) is 3.33. The maximum Gasteiger partial charge on any atom is 0.272 e. The van der Waals surface area contributed by atoms with Crippen LogP contribution in [0, 0.1) is 6.92 Å². The second kappa shape index (κ2) is 10.4. The Morgan fingerprint density at radius 1 is 1.11 bits per heavy atom. The highest BCUT2D eigenvalue weighted by Gasteiger charge is 2.06. The number of halogens is 2. The lowest BCUT2D eigenvalue weighted by atomic mass is 10.1. The molecule has 0 amide bonds. The van der Waals surface area contributed by atoms with Crippen LogP contribution in [0.2, 0.25) is 0 Å². The van der Waals surface area contributed by atoms with E-state index in [4.69, 9.17) is 9.47 Å². The minimum Gasteiger partial charge on any atom is -0.496 e. The molecular weight excluding hydrogens is 352 g/mol. The Morgan fingerprint density at radius 2 is 1.89 bits per heavy atom. The van der Waals surface area contributed by atoms with E-state index in [0.29, 0.717) is 24.8 Å². The zero-order valence-corrected chi connectivity index (χ0v) is 15.8. The minimum absolute atomic E-state index is 0.418. The average Bonchev–Trinajstić information content (AvgIpc) is 2.67. The van der Waals surface area contributed by atoms with Crippen LogP contribution in [0.3, 0.4) is 0 Å². The summed E-state index contributed by atoms with van der Waals surface area (Å²) < 4.78 is 35.0. The third-order valence-corrected chi connectivity index (χ3v) is 3.85. The van der Waals surface area contributed by atoms with Gasteiger partial charge in [0.05, 0.1) is 7.11 Å². The molecule has 0 fully saturated rings. The van der Waals surface area contributed by atoms with Crippen molar-refractivity contribution in [2.75, 3.05) is 20.8 Å². The molecule has 7 heteroatoms. The van der Waals surface area contributed by atoms with Crippen molar-refractivity contribution in [2.45, 2.75) is 26.4 Å². The van der Waals surface area contributed by atoms with Crippen LogP contribution in [-0.4, -0.2) is 33.1 Å². The van der Waals surface area contributed by atoms with E-state index in [1.54, 1.807) is 32.4 Å². The van der Waals surface area contributed by atoms with Crippen molar-refractivity contribution in [3.8, 4) is 11.5 Å². The Balaban J connectivity index is 1.90. The summed E-state index contributed by atoms with van der Waals surface area (Å²) in [6, 6.07) is 13.1. The van der Waals surface area contributed by atoms with E-state index in [-0.39, 0.29) is 0 Å². The third kappa shape index (κ3) is 6.77. The van der Waals surface area contributed by atoms with Gasteiger partial charge in [-0.05, 0) is 36.2 Å². The maximum absolute atomic E-state index is 12.3. The van der Waals surface area contributed by atoms with Crippen molar-refractivity contribution in [3.63, 3.8) is 0 Å². The Morgan fingerprint density at radius 3 is 2.59 bits per heavy atom. The fourth-order valence-corrected chi connectivity index (χ4v) is 2.49. The van der Waals surface area contributed by atoms with Crippen LogP contribution in [0.4, 0.5) is 8.78 Å². The van der Waals surface area contributed by atoms with Gasteiger partial charge in [0.25, 0.3) is 6.43 Å². The molecule has 0 heterocycles. The quantitative estimate of drug-likeness (QED) is 0.546. The van der Waals surface area contributed by atoms with Gasteiger partial charge in [-0.1, -0.05) is 24.3 Å². The van der Waals surface area contributed by atoms with Gasteiger partial charge in [-0.15, -0.1) is 0 Å². The van der Waals surface area contributed by atoms with Gasteiger partial charge in [0.2, 0.25) is 0 Å². The van der Waals surface area contributed by atoms with E-state index in [0.717, 1.165) is 22.4 Å². The summed E-state index contributed by atoms with van der Waals surface area (Å²) in [6.07, 6.45) is -2.49. The van der Waals surface area contributed by atoms with Gasteiger partial charge < -0.3 is 20.1 Å². The van der Waals surface area contributed by atoms with Crippen LogP contribution >= 0.6 is 0 Å². The number of aliphatic imine (C=N–C) groups is 1. The first-order valence-electron chi connectivity index (χ1n) is 8.59. The fraction of sp³-hybridized carbons (Fsp3) is 0.350. The highest BCUT2D eigenvalue weighted by molar-refractivity contribution is 5.79. The Hall–Kier alpha value is -2.83. The molecule has 5 nitrogen and oxygen atoms in total. The number of rotatable bonds is 8. The topological polar surface area (TPSA) is 54.9 Å². The van der Waals surface area contributed by atoms with Gasteiger partial charge in [-0.3, -0.25) is 4.99 Å². The number of benzene rings is 2. The lowest BCUT2D eigenvalue weighted by Gasteiger charge is -2.14. The van der Waals surface area contributed by atoms with E-state index < -0.39 is 13.0 Å². The number of alkyl halides is 2. The summed E-state index contributed by atoms with van der Waals surface area (Å²) in [4.78, 5) is 4.20. The molecule has 0 saturated carbocycles.